The highest BCUT2D eigenvalue weighted by Gasteiger charge is 2.27. The molecule has 0 amide bonds. The lowest BCUT2D eigenvalue weighted by Gasteiger charge is -2.29. The van der Waals surface area contributed by atoms with Crippen LogP contribution in [0.1, 0.15) is 33.6 Å². The molecule has 1 aromatic rings. The maximum absolute atomic E-state index is 5.17. The molecule has 0 radical (unpaired) electrons. The van der Waals surface area contributed by atoms with E-state index in [4.69, 9.17) is 4.74 Å². The highest BCUT2D eigenvalue weighted by atomic mass is 16.5. The molecule has 0 aliphatic carbocycles. The first-order chi connectivity index (χ1) is 8.99. The van der Waals surface area contributed by atoms with E-state index in [1.165, 1.54) is 12.8 Å². The molecular formula is C14H24N4O. The zero-order valence-electron chi connectivity index (χ0n) is 12.3. The number of hydrogen-bond donors (Lipinski definition) is 1. The minimum atomic E-state index is 0.150. The average Bonchev–Trinajstić information content (AvgIpc) is 2.84. The van der Waals surface area contributed by atoms with Gasteiger partial charge >= 0.3 is 0 Å². The van der Waals surface area contributed by atoms with Crippen LogP contribution in [0.25, 0.3) is 0 Å². The first-order valence-corrected chi connectivity index (χ1v) is 6.87. The molecule has 1 fully saturated rings. The van der Waals surface area contributed by atoms with Crippen LogP contribution in [-0.4, -0.2) is 41.7 Å². The molecule has 1 aliphatic rings. The summed E-state index contributed by atoms with van der Waals surface area (Å²) in [5, 5.41) is 3.58. The number of nitrogens with zero attached hydrogens (tertiary/aromatic N) is 3. The topological polar surface area (TPSA) is 50.3 Å². The minimum absolute atomic E-state index is 0.150. The van der Waals surface area contributed by atoms with Crippen LogP contribution >= 0.6 is 0 Å². The van der Waals surface area contributed by atoms with Gasteiger partial charge in [-0.2, -0.15) is 0 Å². The summed E-state index contributed by atoms with van der Waals surface area (Å²) in [6.07, 6.45) is 3.99. The number of anilines is 1. The molecule has 1 unspecified atom stereocenters. The van der Waals surface area contributed by atoms with Crippen molar-refractivity contribution >= 4 is 5.82 Å². The van der Waals surface area contributed by atoms with Gasteiger partial charge in [-0.1, -0.05) is 0 Å². The first kappa shape index (κ1) is 14.1. The number of aromatic nitrogens is 2. The van der Waals surface area contributed by atoms with Crippen LogP contribution in [0, 0.1) is 0 Å². The fourth-order valence-electron chi connectivity index (χ4n) is 2.37. The number of nitrogens with one attached hydrogen (secondary N) is 1. The van der Waals surface area contributed by atoms with Gasteiger partial charge in [0, 0.05) is 30.7 Å². The van der Waals surface area contributed by atoms with Crippen molar-refractivity contribution in [2.45, 2.75) is 45.2 Å². The molecule has 106 valence electrons. The van der Waals surface area contributed by atoms with Gasteiger partial charge in [0.1, 0.15) is 12.1 Å². The molecule has 5 nitrogen and oxygen atoms in total. The third-order valence-electron chi connectivity index (χ3n) is 3.38. The van der Waals surface area contributed by atoms with E-state index in [0.29, 0.717) is 11.9 Å². The molecule has 1 aliphatic heterocycles. The highest BCUT2D eigenvalue weighted by Crippen LogP contribution is 2.25. The SMILES string of the molecule is COc1cc(N2CCCC2CNC(C)(C)C)ncn1. The molecule has 1 saturated heterocycles. The van der Waals surface area contributed by atoms with E-state index in [2.05, 4.69) is 41.0 Å². The Bertz CT molecular complexity index is 416. The van der Waals surface area contributed by atoms with E-state index in [0.717, 1.165) is 18.9 Å². The summed E-state index contributed by atoms with van der Waals surface area (Å²) < 4.78 is 5.17. The molecule has 0 aromatic carbocycles. The maximum Gasteiger partial charge on any atom is 0.218 e. The van der Waals surface area contributed by atoms with Gasteiger partial charge in [0.15, 0.2) is 0 Å². The number of hydrogen-bond acceptors (Lipinski definition) is 5. The third kappa shape index (κ3) is 3.80. The highest BCUT2D eigenvalue weighted by molar-refractivity contribution is 5.43. The molecular weight excluding hydrogens is 240 g/mol. The van der Waals surface area contributed by atoms with Crippen molar-refractivity contribution in [3.63, 3.8) is 0 Å². The van der Waals surface area contributed by atoms with Crippen LogP contribution in [0.4, 0.5) is 5.82 Å². The van der Waals surface area contributed by atoms with Gasteiger partial charge in [-0.25, -0.2) is 9.97 Å². The van der Waals surface area contributed by atoms with Crippen molar-refractivity contribution in [3.05, 3.63) is 12.4 Å². The van der Waals surface area contributed by atoms with E-state index in [-0.39, 0.29) is 5.54 Å². The smallest absolute Gasteiger partial charge is 0.218 e. The monoisotopic (exact) mass is 264 g/mol. The number of rotatable bonds is 4. The summed E-state index contributed by atoms with van der Waals surface area (Å²) >= 11 is 0. The van der Waals surface area contributed by atoms with E-state index >= 15 is 0 Å². The van der Waals surface area contributed by atoms with Gasteiger partial charge < -0.3 is 15.0 Å². The Morgan fingerprint density at radius 1 is 1.42 bits per heavy atom. The lowest BCUT2D eigenvalue weighted by atomic mass is 10.1. The number of ether oxygens (including phenoxy) is 1. The Kier molecular flexibility index (Phi) is 4.24. The summed E-state index contributed by atoms with van der Waals surface area (Å²) in [6, 6.07) is 2.41. The molecule has 0 saturated carbocycles. The second kappa shape index (κ2) is 5.74. The lowest BCUT2D eigenvalue weighted by Crippen LogP contribution is -2.45. The van der Waals surface area contributed by atoms with Crippen molar-refractivity contribution in [1.82, 2.24) is 15.3 Å². The van der Waals surface area contributed by atoms with Crippen LogP contribution < -0.4 is 15.0 Å². The van der Waals surface area contributed by atoms with Gasteiger partial charge in [-0.05, 0) is 33.6 Å². The molecule has 1 atom stereocenters. The fraction of sp³-hybridized carbons (Fsp3) is 0.714. The van der Waals surface area contributed by atoms with Crippen molar-refractivity contribution in [2.24, 2.45) is 0 Å². The van der Waals surface area contributed by atoms with Gasteiger partial charge in [-0.3, -0.25) is 0 Å². The standard InChI is InChI=1S/C14H24N4O/c1-14(2,3)17-9-11-6-5-7-18(11)12-8-13(19-4)16-10-15-12/h8,10-11,17H,5-7,9H2,1-4H3. The zero-order valence-corrected chi connectivity index (χ0v) is 12.3. The van der Waals surface area contributed by atoms with Crippen LogP contribution in [0.5, 0.6) is 5.88 Å². The lowest BCUT2D eigenvalue weighted by molar-refractivity contribution is 0.394. The maximum atomic E-state index is 5.17. The van der Waals surface area contributed by atoms with Gasteiger partial charge in [-0.15, -0.1) is 0 Å². The summed E-state index contributed by atoms with van der Waals surface area (Å²) in [4.78, 5) is 10.8. The molecule has 0 bridgehead atoms. The zero-order chi connectivity index (χ0) is 13.9. The van der Waals surface area contributed by atoms with E-state index in [1.807, 2.05) is 6.07 Å². The largest absolute Gasteiger partial charge is 0.481 e. The van der Waals surface area contributed by atoms with Crippen LogP contribution in [-0.2, 0) is 0 Å². The van der Waals surface area contributed by atoms with Gasteiger partial charge in [0.2, 0.25) is 5.88 Å². The quantitative estimate of drug-likeness (QED) is 0.899. The summed E-state index contributed by atoms with van der Waals surface area (Å²) in [7, 11) is 1.63. The predicted molar refractivity (Wildman–Crippen MR) is 76.7 cm³/mol. The normalized spacial score (nSPS) is 19.8. The third-order valence-corrected chi connectivity index (χ3v) is 3.38. The van der Waals surface area contributed by atoms with Crippen LogP contribution in [0.15, 0.2) is 12.4 Å². The Hall–Kier alpha value is -1.36. The molecule has 1 aromatic heterocycles. The van der Waals surface area contributed by atoms with E-state index < -0.39 is 0 Å². The Morgan fingerprint density at radius 3 is 2.89 bits per heavy atom. The van der Waals surface area contributed by atoms with E-state index in [9.17, 15) is 0 Å². The molecule has 2 heterocycles. The molecule has 0 spiro atoms. The first-order valence-electron chi connectivity index (χ1n) is 6.87. The minimum Gasteiger partial charge on any atom is -0.481 e. The van der Waals surface area contributed by atoms with Gasteiger partial charge in [0.25, 0.3) is 0 Å². The summed E-state index contributed by atoms with van der Waals surface area (Å²) in [5.74, 6) is 1.59. The van der Waals surface area contributed by atoms with Crippen molar-refractivity contribution in [3.8, 4) is 5.88 Å². The van der Waals surface area contributed by atoms with Crippen LogP contribution in [0.3, 0.4) is 0 Å². The fourth-order valence-corrected chi connectivity index (χ4v) is 2.37. The Balaban J connectivity index is 2.05. The van der Waals surface area contributed by atoms with Crippen molar-refractivity contribution in [1.29, 1.82) is 0 Å². The molecule has 5 heteroatoms. The second-order valence-corrected chi connectivity index (χ2v) is 6.04. The summed E-state index contributed by atoms with van der Waals surface area (Å²) in [5.41, 5.74) is 0.150. The Morgan fingerprint density at radius 2 is 2.21 bits per heavy atom. The molecule has 19 heavy (non-hydrogen) atoms. The molecule has 1 N–H and O–H groups in total. The average molecular weight is 264 g/mol. The Labute approximate surface area is 115 Å². The van der Waals surface area contributed by atoms with Crippen molar-refractivity contribution in [2.75, 3.05) is 25.1 Å². The summed E-state index contributed by atoms with van der Waals surface area (Å²) in [6.45, 7) is 8.62. The van der Waals surface area contributed by atoms with Crippen LogP contribution in [0.2, 0.25) is 0 Å². The molecule has 2 rings (SSSR count). The van der Waals surface area contributed by atoms with E-state index in [1.54, 1.807) is 13.4 Å². The number of methoxy groups -OCH3 is 1. The second-order valence-electron chi connectivity index (χ2n) is 6.04. The van der Waals surface area contributed by atoms with Crippen molar-refractivity contribution < 1.29 is 4.74 Å². The predicted octanol–water partition coefficient (Wildman–Crippen LogP) is 1.84. The van der Waals surface area contributed by atoms with Gasteiger partial charge in [0.05, 0.1) is 7.11 Å².